The van der Waals surface area contributed by atoms with Gasteiger partial charge in [-0.3, -0.25) is 4.31 Å². The maximum Gasteiger partial charge on any atom is 0.243 e. The zero-order valence-corrected chi connectivity index (χ0v) is 17.7. The first-order chi connectivity index (χ1) is 13.4. The van der Waals surface area contributed by atoms with Crippen molar-refractivity contribution < 1.29 is 21.6 Å². The Labute approximate surface area is 167 Å². The van der Waals surface area contributed by atoms with Crippen molar-refractivity contribution in [2.45, 2.75) is 55.9 Å². The van der Waals surface area contributed by atoms with Gasteiger partial charge in [-0.05, 0) is 62.3 Å². The van der Waals surface area contributed by atoms with E-state index in [1.165, 1.54) is 4.31 Å². The minimum atomic E-state index is -3.51. The van der Waals surface area contributed by atoms with E-state index < -0.39 is 20.0 Å². The summed E-state index contributed by atoms with van der Waals surface area (Å²) in [5.41, 5.74) is 1.39. The zero-order chi connectivity index (χ0) is 19.8. The summed E-state index contributed by atoms with van der Waals surface area (Å²) in [5, 5.41) is 0. The third-order valence-electron chi connectivity index (χ3n) is 5.86. The molecule has 28 heavy (non-hydrogen) atoms. The van der Waals surface area contributed by atoms with Gasteiger partial charge in [-0.2, -0.15) is 4.31 Å². The summed E-state index contributed by atoms with van der Waals surface area (Å²) in [7, 11) is -7.01. The fraction of sp³-hybridized carbons (Fsp3) is 0.684. The Morgan fingerprint density at radius 1 is 0.964 bits per heavy atom. The van der Waals surface area contributed by atoms with Crippen LogP contribution in [-0.4, -0.2) is 59.2 Å². The molecule has 0 bridgehead atoms. The largest absolute Gasteiger partial charge is 0.377 e. The number of fused-ring (bicyclic) bond motifs is 1. The Bertz CT molecular complexity index is 918. The zero-order valence-electron chi connectivity index (χ0n) is 16.0. The van der Waals surface area contributed by atoms with E-state index in [9.17, 15) is 16.8 Å². The monoisotopic (exact) mass is 428 g/mol. The SMILES string of the molecule is O=S(=O)(CC1CCCCO1)N1CCc2cc(S(=O)(=O)N3CCCCC3)ccc21. The lowest BCUT2D eigenvalue weighted by Crippen LogP contribution is -2.37. The van der Waals surface area contributed by atoms with Crippen molar-refractivity contribution in [1.82, 2.24) is 4.31 Å². The van der Waals surface area contributed by atoms with Crippen molar-refractivity contribution in [2.24, 2.45) is 0 Å². The summed E-state index contributed by atoms with van der Waals surface area (Å²) in [6.07, 6.45) is 5.87. The van der Waals surface area contributed by atoms with E-state index in [0.717, 1.165) is 44.1 Å². The summed E-state index contributed by atoms with van der Waals surface area (Å²) in [5.74, 6) is -0.0136. The van der Waals surface area contributed by atoms with Gasteiger partial charge in [0.05, 0.1) is 22.4 Å². The van der Waals surface area contributed by atoms with Crippen LogP contribution in [0.2, 0.25) is 0 Å². The van der Waals surface area contributed by atoms with Gasteiger partial charge in [-0.25, -0.2) is 16.8 Å². The summed E-state index contributed by atoms with van der Waals surface area (Å²) in [6, 6.07) is 4.86. The fourth-order valence-corrected chi connectivity index (χ4v) is 7.64. The van der Waals surface area contributed by atoms with Crippen molar-refractivity contribution in [3.8, 4) is 0 Å². The molecule has 7 nitrogen and oxygen atoms in total. The Kier molecular flexibility index (Phi) is 5.70. The van der Waals surface area contributed by atoms with Crippen LogP contribution in [0.3, 0.4) is 0 Å². The van der Waals surface area contributed by atoms with E-state index in [4.69, 9.17) is 4.74 Å². The van der Waals surface area contributed by atoms with Crippen molar-refractivity contribution >= 4 is 25.7 Å². The molecule has 3 heterocycles. The van der Waals surface area contributed by atoms with E-state index in [1.54, 1.807) is 22.5 Å². The molecule has 4 rings (SSSR count). The highest BCUT2D eigenvalue weighted by molar-refractivity contribution is 7.92. The molecule has 0 saturated carbocycles. The second kappa shape index (κ2) is 7.93. The van der Waals surface area contributed by atoms with Gasteiger partial charge in [0.2, 0.25) is 20.0 Å². The van der Waals surface area contributed by atoms with Crippen LogP contribution < -0.4 is 4.31 Å². The van der Waals surface area contributed by atoms with Gasteiger partial charge in [-0.15, -0.1) is 0 Å². The molecule has 1 aromatic rings. The van der Waals surface area contributed by atoms with Crippen LogP contribution in [0.15, 0.2) is 23.1 Å². The Balaban J connectivity index is 1.54. The highest BCUT2D eigenvalue weighted by atomic mass is 32.2. The number of hydrogen-bond acceptors (Lipinski definition) is 5. The summed E-state index contributed by atoms with van der Waals surface area (Å²) in [4.78, 5) is 0.267. The number of rotatable bonds is 5. The van der Waals surface area contributed by atoms with Gasteiger partial charge in [-0.1, -0.05) is 6.42 Å². The highest BCUT2D eigenvalue weighted by Gasteiger charge is 2.34. The molecule has 2 fully saturated rings. The second-order valence-corrected chi connectivity index (χ2v) is 11.7. The average Bonchev–Trinajstić information content (AvgIpc) is 3.13. The van der Waals surface area contributed by atoms with E-state index in [1.807, 2.05) is 0 Å². The molecule has 0 aromatic heterocycles. The van der Waals surface area contributed by atoms with Gasteiger partial charge in [0.15, 0.2) is 0 Å². The Morgan fingerprint density at radius 2 is 1.75 bits per heavy atom. The quantitative estimate of drug-likeness (QED) is 0.717. The third kappa shape index (κ3) is 3.94. The molecule has 1 unspecified atom stereocenters. The van der Waals surface area contributed by atoms with Crippen molar-refractivity contribution in [2.75, 3.05) is 36.3 Å². The van der Waals surface area contributed by atoms with Crippen molar-refractivity contribution in [3.63, 3.8) is 0 Å². The molecule has 3 aliphatic rings. The maximum absolute atomic E-state index is 12.9. The van der Waals surface area contributed by atoms with Crippen LogP contribution in [0.5, 0.6) is 0 Å². The molecular weight excluding hydrogens is 400 g/mol. The van der Waals surface area contributed by atoms with E-state index >= 15 is 0 Å². The van der Waals surface area contributed by atoms with Crippen molar-refractivity contribution in [3.05, 3.63) is 23.8 Å². The summed E-state index contributed by atoms with van der Waals surface area (Å²) >= 11 is 0. The first-order valence-electron chi connectivity index (χ1n) is 10.1. The molecule has 3 aliphatic heterocycles. The van der Waals surface area contributed by atoms with E-state index in [2.05, 4.69) is 0 Å². The number of nitrogens with zero attached hydrogens (tertiary/aromatic N) is 2. The lowest BCUT2D eigenvalue weighted by Gasteiger charge is -2.27. The van der Waals surface area contributed by atoms with Crippen LogP contribution in [0.1, 0.15) is 44.1 Å². The molecule has 0 amide bonds. The van der Waals surface area contributed by atoms with Crippen LogP contribution >= 0.6 is 0 Å². The van der Waals surface area contributed by atoms with Crippen LogP contribution in [-0.2, 0) is 31.2 Å². The van der Waals surface area contributed by atoms with E-state index in [-0.39, 0.29) is 16.8 Å². The Hall–Kier alpha value is -1.16. The molecule has 156 valence electrons. The van der Waals surface area contributed by atoms with Gasteiger partial charge in [0.1, 0.15) is 0 Å². The summed E-state index contributed by atoms with van der Waals surface area (Å²) < 4.78 is 60.2. The molecule has 0 spiro atoms. The molecule has 0 aliphatic carbocycles. The van der Waals surface area contributed by atoms with Gasteiger partial charge in [0, 0.05) is 26.2 Å². The van der Waals surface area contributed by atoms with Gasteiger partial charge < -0.3 is 4.74 Å². The lowest BCUT2D eigenvalue weighted by molar-refractivity contribution is 0.0305. The van der Waals surface area contributed by atoms with Gasteiger partial charge in [0.25, 0.3) is 0 Å². The number of anilines is 1. The van der Waals surface area contributed by atoms with Crippen molar-refractivity contribution in [1.29, 1.82) is 0 Å². The van der Waals surface area contributed by atoms with Gasteiger partial charge >= 0.3 is 0 Å². The number of hydrogen-bond donors (Lipinski definition) is 0. The van der Waals surface area contributed by atoms with Crippen LogP contribution in [0.4, 0.5) is 5.69 Å². The number of sulfonamides is 2. The third-order valence-corrected chi connectivity index (χ3v) is 9.60. The normalized spacial score (nSPS) is 24.3. The standard InChI is InChI=1S/C19H28N2O5S2/c22-27(23,15-17-6-2-5-13-26-17)21-12-9-16-14-18(7-8-19(16)21)28(24,25)20-10-3-1-4-11-20/h7-8,14,17H,1-6,9-13,15H2. The number of benzene rings is 1. The highest BCUT2D eigenvalue weighted by Crippen LogP contribution is 2.34. The van der Waals surface area contributed by atoms with Crippen LogP contribution in [0, 0.1) is 0 Å². The molecule has 0 N–H and O–H groups in total. The number of ether oxygens (including phenoxy) is 1. The Morgan fingerprint density at radius 3 is 2.46 bits per heavy atom. The second-order valence-electron chi connectivity index (χ2n) is 7.84. The molecule has 1 aromatic carbocycles. The minimum absolute atomic E-state index is 0.0136. The molecule has 9 heteroatoms. The van der Waals surface area contributed by atoms with E-state index in [0.29, 0.717) is 38.3 Å². The molecule has 1 atom stereocenters. The fourth-order valence-electron chi connectivity index (χ4n) is 4.32. The molecular formula is C19H28N2O5S2. The molecule has 2 saturated heterocycles. The minimum Gasteiger partial charge on any atom is -0.377 e. The maximum atomic E-state index is 12.9. The predicted molar refractivity (Wildman–Crippen MR) is 107 cm³/mol. The average molecular weight is 429 g/mol. The smallest absolute Gasteiger partial charge is 0.243 e. The first-order valence-corrected chi connectivity index (χ1v) is 13.2. The number of piperidine rings is 1. The predicted octanol–water partition coefficient (Wildman–Crippen LogP) is 2.12. The summed E-state index contributed by atoms with van der Waals surface area (Å²) in [6.45, 7) is 2.09. The van der Waals surface area contributed by atoms with Crippen LogP contribution in [0.25, 0.3) is 0 Å². The molecule has 0 radical (unpaired) electrons. The lowest BCUT2D eigenvalue weighted by atomic mass is 10.1. The first kappa shape index (κ1) is 20.1. The topological polar surface area (TPSA) is 84.0 Å².